The highest BCUT2D eigenvalue weighted by atomic mass is 16.5. The normalized spacial score (nSPS) is 12.7. The fourth-order valence-electron chi connectivity index (χ4n) is 4.39. The summed E-state index contributed by atoms with van der Waals surface area (Å²) in [5, 5.41) is 6.59. The Morgan fingerprint density at radius 1 is 0.821 bits per heavy atom. The molecule has 4 aromatic rings. The molecule has 5 nitrogen and oxygen atoms in total. The summed E-state index contributed by atoms with van der Waals surface area (Å²) in [5.74, 6) is 5.07. The van der Waals surface area contributed by atoms with Gasteiger partial charge in [0.1, 0.15) is 0 Å². The molecule has 0 aliphatic heterocycles. The van der Waals surface area contributed by atoms with E-state index in [1.54, 1.807) is 6.92 Å². The molecule has 5 heteroatoms. The van der Waals surface area contributed by atoms with E-state index < -0.39 is 17.6 Å². The molecule has 4 rings (SSSR count). The summed E-state index contributed by atoms with van der Waals surface area (Å²) >= 11 is 0. The van der Waals surface area contributed by atoms with Gasteiger partial charge >= 0.3 is 5.97 Å². The summed E-state index contributed by atoms with van der Waals surface area (Å²) in [6.45, 7) is 3.61. The number of aryl methyl sites for hydroxylation is 1. The van der Waals surface area contributed by atoms with Crippen molar-refractivity contribution < 1.29 is 14.3 Å². The van der Waals surface area contributed by atoms with Crippen LogP contribution in [0.15, 0.2) is 115 Å². The monoisotopic (exact) mass is 516 g/mol. The van der Waals surface area contributed by atoms with Crippen LogP contribution in [0.4, 0.5) is 5.69 Å². The van der Waals surface area contributed by atoms with Gasteiger partial charge in [0.25, 0.3) is 0 Å². The number of amides is 1. The summed E-state index contributed by atoms with van der Waals surface area (Å²) in [7, 11) is 0. The first-order valence-corrected chi connectivity index (χ1v) is 13.0. The maximum atomic E-state index is 14.3. The Labute approximate surface area is 230 Å². The van der Waals surface area contributed by atoms with Crippen molar-refractivity contribution in [1.82, 2.24) is 5.32 Å². The number of carbonyl (C=O) groups excluding carboxylic acids is 2. The predicted molar refractivity (Wildman–Crippen MR) is 155 cm³/mol. The fraction of sp³-hybridized carbons (Fsp3) is 0.176. The van der Waals surface area contributed by atoms with Crippen LogP contribution in [0.2, 0.25) is 0 Å². The molecule has 39 heavy (non-hydrogen) atoms. The molecule has 0 unspecified atom stereocenters. The van der Waals surface area contributed by atoms with E-state index in [0.717, 1.165) is 22.4 Å². The molecular weight excluding hydrogens is 484 g/mol. The lowest BCUT2D eigenvalue weighted by Crippen LogP contribution is -2.58. The molecule has 0 radical (unpaired) electrons. The molecule has 0 aliphatic rings. The minimum Gasteiger partial charge on any atom is -0.450 e. The van der Waals surface area contributed by atoms with Gasteiger partial charge in [-0.25, -0.2) is 4.79 Å². The molecule has 0 fully saturated rings. The first-order chi connectivity index (χ1) is 19.0. The van der Waals surface area contributed by atoms with Crippen LogP contribution in [0.5, 0.6) is 0 Å². The summed E-state index contributed by atoms with van der Waals surface area (Å²) in [6, 6.07) is 35.6. The summed E-state index contributed by atoms with van der Waals surface area (Å²) in [4.78, 5) is 27.4. The van der Waals surface area contributed by atoms with Gasteiger partial charge in [0.15, 0.2) is 12.1 Å². The highest BCUT2D eigenvalue weighted by Gasteiger charge is 2.51. The van der Waals surface area contributed by atoms with Crippen molar-refractivity contribution in [1.29, 1.82) is 0 Å². The summed E-state index contributed by atoms with van der Waals surface area (Å²) in [6.07, 6.45) is 0.196. The summed E-state index contributed by atoms with van der Waals surface area (Å²) < 4.78 is 5.83. The van der Waals surface area contributed by atoms with Gasteiger partial charge in [-0.05, 0) is 42.3 Å². The van der Waals surface area contributed by atoms with Crippen LogP contribution >= 0.6 is 0 Å². The van der Waals surface area contributed by atoms with Crippen molar-refractivity contribution in [2.24, 2.45) is 0 Å². The zero-order valence-electron chi connectivity index (χ0n) is 22.2. The van der Waals surface area contributed by atoms with Gasteiger partial charge in [-0.15, -0.1) is 0 Å². The fourth-order valence-corrected chi connectivity index (χ4v) is 4.39. The van der Waals surface area contributed by atoms with Crippen molar-refractivity contribution in [3.05, 3.63) is 138 Å². The average molecular weight is 517 g/mol. The van der Waals surface area contributed by atoms with E-state index in [4.69, 9.17) is 4.74 Å². The van der Waals surface area contributed by atoms with Crippen LogP contribution in [0.25, 0.3) is 0 Å². The number of carbonyl (C=O) groups is 2. The lowest BCUT2D eigenvalue weighted by Gasteiger charge is -2.40. The van der Waals surface area contributed by atoms with E-state index >= 15 is 0 Å². The van der Waals surface area contributed by atoms with Crippen molar-refractivity contribution in [2.45, 2.75) is 31.8 Å². The molecule has 2 N–H and O–H groups in total. The minimum atomic E-state index is -1.59. The lowest BCUT2D eigenvalue weighted by atomic mass is 9.78. The van der Waals surface area contributed by atoms with Gasteiger partial charge in [-0.3, -0.25) is 4.79 Å². The first-order valence-electron chi connectivity index (χ1n) is 13.0. The van der Waals surface area contributed by atoms with Crippen LogP contribution in [-0.2, 0) is 19.9 Å². The van der Waals surface area contributed by atoms with Crippen LogP contribution in [-0.4, -0.2) is 18.5 Å². The smallest absolute Gasteiger partial charge is 0.340 e. The number of hydrogen-bond donors (Lipinski definition) is 2. The number of rotatable bonds is 9. The Balaban J connectivity index is 1.84. The van der Waals surface area contributed by atoms with E-state index in [0.29, 0.717) is 5.56 Å². The second-order valence-electron chi connectivity index (χ2n) is 9.17. The molecule has 0 saturated carbocycles. The van der Waals surface area contributed by atoms with Gasteiger partial charge < -0.3 is 15.4 Å². The molecule has 1 amide bonds. The maximum absolute atomic E-state index is 14.3. The molecule has 0 aliphatic carbocycles. The molecule has 196 valence electrons. The van der Waals surface area contributed by atoms with Gasteiger partial charge in [-0.2, -0.15) is 0 Å². The molecule has 0 heterocycles. The quantitative estimate of drug-likeness (QED) is 0.206. The molecule has 4 aromatic carbocycles. The largest absolute Gasteiger partial charge is 0.450 e. The number of hydrogen-bond acceptors (Lipinski definition) is 4. The molecule has 0 saturated heterocycles. The van der Waals surface area contributed by atoms with E-state index in [1.165, 1.54) is 0 Å². The van der Waals surface area contributed by atoms with Crippen LogP contribution in [0.3, 0.4) is 0 Å². The maximum Gasteiger partial charge on any atom is 0.340 e. The van der Waals surface area contributed by atoms with Gasteiger partial charge in [0.2, 0.25) is 5.91 Å². The van der Waals surface area contributed by atoms with E-state index in [-0.39, 0.29) is 18.9 Å². The zero-order chi connectivity index (χ0) is 27.5. The highest BCUT2D eigenvalue weighted by Crippen LogP contribution is 2.39. The van der Waals surface area contributed by atoms with Crippen LogP contribution in [0, 0.1) is 18.8 Å². The Morgan fingerprint density at radius 3 is 2.03 bits per heavy atom. The van der Waals surface area contributed by atoms with E-state index in [9.17, 15) is 9.59 Å². The Morgan fingerprint density at radius 2 is 1.41 bits per heavy atom. The topological polar surface area (TPSA) is 67.4 Å². The van der Waals surface area contributed by atoms with Crippen LogP contribution in [0.1, 0.15) is 41.6 Å². The number of nitrogens with one attached hydrogen (secondary N) is 2. The van der Waals surface area contributed by atoms with Gasteiger partial charge in [-0.1, -0.05) is 115 Å². The van der Waals surface area contributed by atoms with Crippen molar-refractivity contribution in [2.75, 3.05) is 11.9 Å². The van der Waals surface area contributed by atoms with E-state index in [2.05, 4.69) is 22.5 Å². The standard InChI is InChI=1S/C34H32N2O3/c1-3-31(37)36-34(29-23-21-26(2)22-24-29,33(38)39-25-13-16-27-14-7-4-8-15-27)32(28-17-9-5-10-18-28)35-30-19-11-6-12-20-30/h4-12,14-15,17-24,32,35H,3,25H2,1-2H3,(H,36,37)/t32-,34+/m0/s1. The number of esters is 1. The second kappa shape index (κ2) is 13.1. The SMILES string of the molecule is CCC(=O)N[C@](C(=O)OCC#Cc1ccccc1)(c1ccc(C)cc1)[C@@H](Nc1ccccc1)c1ccccc1. The number of ether oxygens (including phenoxy) is 1. The third kappa shape index (κ3) is 6.74. The van der Waals surface area contributed by atoms with E-state index in [1.807, 2.05) is 122 Å². The van der Waals surface area contributed by atoms with Crippen molar-refractivity contribution in [3.63, 3.8) is 0 Å². The molecule has 2 atom stereocenters. The zero-order valence-corrected chi connectivity index (χ0v) is 22.2. The van der Waals surface area contributed by atoms with Crippen molar-refractivity contribution >= 4 is 17.6 Å². The number of anilines is 1. The predicted octanol–water partition coefficient (Wildman–Crippen LogP) is 6.16. The Bertz CT molecular complexity index is 1430. The molecule has 0 spiro atoms. The molecule has 0 aromatic heterocycles. The average Bonchev–Trinajstić information content (AvgIpc) is 2.99. The summed E-state index contributed by atoms with van der Waals surface area (Å²) in [5.41, 5.74) is 2.48. The number of benzene rings is 4. The van der Waals surface area contributed by atoms with Crippen LogP contribution < -0.4 is 10.6 Å². The molecule has 0 bridgehead atoms. The highest BCUT2D eigenvalue weighted by molar-refractivity contribution is 5.91. The second-order valence-corrected chi connectivity index (χ2v) is 9.17. The Kier molecular flexibility index (Phi) is 9.16. The third-order valence-corrected chi connectivity index (χ3v) is 6.42. The lowest BCUT2D eigenvalue weighted by molar-refractivity contribution is -0.154. The van der Waals surface area contributed by atoms with Crippen molar-refractivity contribution in [3.8, 4) is 11.8 Å². The third-order valence-electron chi connectivity index (χ3n) is 6.42. The molecular formula is C34H32N2O3. The van der Waals surface area contributed by atoms with Gasteiger partial charge in [0.05, 0.1) is 6.04 Å². The number of para-hydroxylation sites is 1. The minimum absolute atomic E-state index is 0.129. The Hall–Kier alpha value is -4.82. The van der Waals surface area contributed by atoms with Gasteiger partial charge in [0, 0.05) is 17.7 Å². The first kappa shape index (κ1) is 27.2.